The first-order chi connectivity index (χ1) is 9.65. The van der Waals surface area contributed by atoms with Crippen LogP contribution in [-0.2, 0) is 4.79 Å². The van der Waals surface area contributed by atoms with Crippen LogP contribution < -0.4 is 15.8 Å². The number of hydrogen-bond acceptors (Lipinski definition) is 3. The Kier molecular flexibility index (Phi) is 5.43. The maximum atomic E-state index is 12.4. The molecule has 1 aliphatic carbocycles. The Morgan fingerprint density at radius 3 is 3.00 bits per heavy atom. The van der Waals surface area contributed by atoms with Crippen LogP contribution in [0.25, 0.3) is 0 Å². The minimum atomic E-state index is 0.0217. The fourth-order valence-corrected chi connectivity index (χ4v) is 3.13. The van der Waals surface area contributed by atoms with E-state index >= 15 is 0 Å². The summed E-state index contributed by atoms with van der Waals surface area (Å²) in [4.78, 5) is 12.4. The maximum absolute atomic E-state index is 12.4. The van der Waals surface area contributed by atoms with Gasteiger partial charge in [-0.1, -0.05) is 22.4 Å². The zero-order valence-electron chi connectivity index (χ0n) is 11.7. The van der Waals surface area contributed by atoms with Crippen LogP contribution in [0.1, 0.15) is 26.2 Å². The number of benzene rings is 1. The van der Waals surface area contributed by atoms with E-state index in [2.05, 4.69) is 21.2 Å². The fraction of sp³-hybridized carbons (Fsp3) is 0.533. The van der Waals surface area contributed by atoms with Gasteiger partial charge in [-0.15, -0.1) is 0 Å². The minimum absolute atomic E-state index is 0.0217. The highest BCUT2D eigenvalue weighted by Gasteiger charge is 2.32. The largest absolute Gasteiger partial charge is 0.492 e. The van der Waals surface area contributed by atoms with E-state index in [-0.39, 0.29) is 11.8 Å². The molecule has 20 heavy (non-hydrogen) atoms. The van der Waals surface area contributed by atoms with E-state index in [1.165, 1.54) is 0 Å². The summed E-state index contributed by atoms with van der Waals surface area (Å²) >= 11 is 3.42. The summed E-state index contributed by atoms with van der Waals surface area (Å²) in [5, 5.41) is 2.99. The van der Waals surface area contributed by atoms with Crippen molar-refractivity contribution in [3.63, 3.8) is 0 Å². The summed E-state index contributed by atoms with van der Waals surface area (Å²) in [6, 6.07) is 5.63. The predicted octanol–water partition coefficient (Wildman–Crippen LogP) is 3.16. The summed E-state index contributed by atoms with van der Waals surface area (Å²) in [7, 11) is 0. The zero-order chi connectivity index (χ0) is 14.5. The highest BCUT2D eigenvalue weighted by molar-refractivity contribution is 9.10. The van der Waals surface area contributed by atoms with Gasteiger partial charge in [-0.3, -0.25) is 4.79 Å². The molecular weight excluding hydrogens is 320 g/mol. The standard InChI is InChI=1S/C15H21BrN2O2/c1-2-20-14-7-6-11(16)8-13(14)18-15(19)12-5-3-4-10(12)9-17/h6-8,10,12H,2-5,9,17H2,1H3,(H,18,19)/t10-,12-/m1/s1. The summed E-state index contributed by atoms with van der Waals surface area (Å²) in [5.41, 5.74) is 6.46. The average molecular weight is 341 g/mol. The van der Waals surface area contributed by atoms with Crippen LogP contribution in [0.5, 0.6) is 5.75 Å². The molecule has 1 aliphatic rings. The second-order valence-corrected chi connectivity index (χ2v) is 6.01. The number of ether oxygens (including phenoxy) is 1. The third kappa shape index (κ3) is 3.52. The molecule has 0 saturated heterocycles. The van der Waals surface area contributed by atoms with Gasteiger partial charge in [0.05, 0.1) is 12.3 Å². The van der Waals surface area contributed by atoms with E-state index in [9.17, 15) is 4.79 Å². The molecule has 0 radical (unpaired) electrons. The molecule has 0 heterocycles. The topological polar surface area (TPSA) is 64.3 Å². The molecule has 1 amide bonds. The molecule has 5 heteroatoms. The number of nitrogens with two attached hydrogens (primary N) is 1. The Hall–Kier alpha value is -1.07. The molecule has 0 unspecified atom stereocenters. The van der Waals surface area contributed by atoms with Crippen LogP contribution in [0.3, 0.4) is 0 Å². The molecule has 0 aromatic heterocycles. The van der Waals surface area contributed by atoms with Crippen molar-refractivity contribution in [2.75, 3.05) is 18.5 Å². The molecule has 3 N–H and O–H groups in total. The van der Waals surface area contributed by atoms with Gasteiger partial charge in [0, 0.05) is 10.4 Å². The molecule has 2 atom stereocenters. The van der Waals surface area contributed by atoms with E-state index in [0.717, 1.165) is 23.7 Å². The Morgan fingerprint density at radius 2 is 2.30 bits per heavy atom. The highest BCUT2D eigenvalue weighted by atomic mass is 79.9. The van der Waals surface area contributed by atoms with Gasteiger partial charge < -0.3 is 15.8 Å². The van der Waals surface area contributed by atoms with E-state index < -0.39 is 0 Å². The lowest BCUT2D eigenvalue weighted by Gasteiger charge is -2.19. The van der Waals surface area contributed by atoms with Crippen LogP contribution in [0.4, 0.5) is 5.69 Å². The van der Waals surface area contributed by atoms with E-state index in [0.29, 0.717) is 30.5 Å². The van der Waals surface area contributed by atoms with Gasteiger partial charge in [-0.25, -0.2) is 0 Å². The summed E-state index contributed by atoms with van der Waals surface area (Å²) < 4.78 is 6.46. The van der Waals surface area contributed by atoms with Gasteiger partial charge in [0.25, 0.3) is 0 Å². The number of hydrogen-bond donors (Lipinski definition) is 2. The van der Waals surface area contributed by atoms with Gasteiger partial charge in [-0.05, 0) is 50.4 Å². The molecule has 1 saturated carbocycles. The first kappa shape index (κ1) is 15.3. The van der Waals surface area contributed by atoms with Gasteiger partial charge in [-0.2, -0.15) is 0 Å². The third-order valence-corrected chi connectivity index (χ3v) is 4.29. The van der Waals surface area contributed by atoms with E-state index in [1.807, 2.05) is 25.1 Å². The fourth-order valence-electron chi connectivity index (χ4n) is 2.77. The number of rotatable bonds is 5. The quantitative estimate of drug-likeness (QED) is 0.865. The summed E-state index contributed by atoms with van der Waals surface area (Å²) in [5.74, 6) is 1.08. The van der Waals surface area contributed by atoms with Crippen LogP contribution in [0, 0.1) is 11.8 Å². The number of anilines is 1. The molecule has 0 aliphatic heterocycles. The summed E-state index contributed by atoms with van der Waals surface area (Å²) in [6.07, 6.45) is 3.05. The first-order valence-corrected chi connectivity index (χ1v) is 7.88. The number of carbonyl (C=O) groups excluding carboxylic acids is 1. The van der Waals surface area contributed by atoms with Gasteiger partial charge in [0.2, 0.25) is 5.91 Å². The molecule has 2 rings (SSSR count). The summed E-state index contributed by atoms with van der Waals surface area (Å²) in [6.45, 7) is 3.07. The number of halogens is 1. The Labute approximate surface area is 128 Å². The molecule has 4 nitrogen and oxygen atoms in total. The number of carbonyl (C=O) groups is 1. The lowest BCUT2D eigenvalue weighted by Crippen LogP contribution is -2.29. The molecule has 1 fully saturated rings. The molecule has 110 valence electrons. The third-order valence-electron chi connectivity index (χ3n) is 3.80. The van der Waals surface area contributed by atoms with Crippen LogP contribution >= 0.6 is 15.9 Å². The molecule has 1 aromatic rings. The van der Waals surface area contributed by atoms with Crippen molar-refractivity contribution in [1.82, 2.24) is 0 Å². The SMILES string of the molecule is CCOc1ccc(Br)cc1NC(=O)[C@@H]1CCC[C@@H]1CN. The van der Waals surface area contributed by atoms with E-state index in [1.54, 1.807) is 0 Å². The van der Waals surface area contributed by atoms with Crippen molar-refractivity contribution < 1.29 is 9.53 Å². The van der Waals surface area contributed by atoms with Crippen molar-refractivity contribution in [2.24, 2.45) is 17.6 Å². The van der Waals surface area contributed by atoms with Gasteiger partial charge in [0.15, 0.2) is 0 Å². The lowest BCUT2D eigenvalue weighted by molar-refractivity contribution is -0.120. The predicted molar refractivity (Wildman–Crippen MR) is 83.8 cm³/mol. The van der Waals surface area contributed by atoms with Crippen molar-refractivity contribution in [2.45, 2.75) is 26.2 Å². The highest BCUT2D eigenvalue weighted by Crippen LogP contribution is 2.34. The molecular formula is C15H21BrN2O2. The minimum Gasteiger partial charge on any atom is -0.492 e. The lowest BCUT2D eigenvalue weighted by atomic mass is 9.95. The van der Waals surface area contributed by atoms with Crippen molar-refractivity contribution in [3.8, 4) is 5.75 Å². The van der Waals surface area contributed by atoms with Crippen LogP contribution in [0.15, 0.2) is 22.7 Å². The maximum Gasteiger partial charge on any atom is 0.227 e. The van der Waals surface area contributed by atoms with E-state index in [4.69, 9.17) is 10.5 Å². The van der Waals surface area contributed by atoms with Crippen LogP contribution in [0.2, 0.25) is 0 Å². The monoisotopic (exact) mass is 340 g/mol. The van der Waals surface area contributed by atoms with Crippen LogP contribution in [-0.4, -0.2) is 19.1 Å². The number of amides is 1. The normalized spacial score (nSPS) is 21.8. The average Bonchev–Trinajstić information content (AvgIpc) is 2.90. The van der Waals surface area contributed by atoms with Crippen molar-refractivity contribution in [3.05, 3.63) is 22.7 Å². The Morgan fingerprint density at radius 1 is 1.50 bits per heavy atom. The molecule has 0 spiro atoms. The Balaban J connectivity index is 2.12. The second-order valence-electron chi connectivity index (χ2n) is 5.10. The first-order valence-electron chi connectivity index (χ1n) is 7.09. The molecule has 1 aromatic carbocycles. The van der Waals surface area contributed by atoms with Gasteiger partial charge in [0.1, 0.15) is 5.75 Å². The zero-order valence-corrected chi connectivity index (χ0v) is 13.3. The van der Waals surface area contributed by atoms with Crippen molar-refractivity contribution >= 4 is 27.5 Å². The number of nitrogens with one attached hydrogen (secondary N) is 1. The molecule has 0 bridgehead atoms. The van der Waals surface area contributed by atoms with Gasteiger partial charge >= 0.3 is 0 Å². The Bertz CT molecular complexity index is 479. The second kappa shape index (κ2) is 7.09. The smallest absolute Gasteiger partial charge is 0.227 e. The van der Waals surface area contributed by atoms with Crippen molar-refractivity contribution in [1.29, 1.82) is 0 Å².